The first-order valence-corrected chi connectivity index (χ1v) is 13.2. The lowest BCUT2D eigenvalue weighted by atomic mass is 10.1. The van der Waals surface area contributed by atoms with Gasteiger partial charge in [0.05, 0.1) is 11.9 Å². The Hall–Kier alpha value is -2.87. The monoisotopic (exact) mass is 471 g/mol. The molecule has 0 aliphatic heterocycles. The number of benzene rings is 2. The van der Waals surface area contributed by atoms with Crippen molar-refractivity contribution in [2.45, 2.75) is 58.2 Å². The van der Waals surface area contributed by atoms with Crippen LogP contribution in [0.25, 0.3) is 0 Å². The van der Waals surface area contributed by atoms with Gasteiger partial charge in [0, 0.05) is 12.6 Å². The number of hydrogen-bond acceptors (Lipinski definition) is 4. The van der Waals surface area contributed by atoms with E-state index in [2.05, 4.69) is 5.32 Å². The van der Waals surface area contributed by atoms with E-state index in [-0.39, 0.29) is 25.0 Å². The van der Waals surface area contributed by atoms with Crippen LogP contribution in [0.3, 0.4) is 0 Å². The Balaban J connectivity index is 1.86. The Bertz CT molecular complexity index is 1070. The molecular formula is C25H33N3O4S. The number of anilines is 1. The molecule has 0 heterocycles. The summed E-state index contributed by atoms with van der Waals surface area (Å²) in [5.74, 6) is -0.644. The number of carbonyl (C=O) groups is 2. The van der Waals surface area contributed by atoms with E-state index in [1.54, 1.807) is 32.0 Å². The highest BCUT2D eigenvalue weighted by Crippen LogP contribution is 2.23. The van der Waals surface area contributed by atoms with Crippen LogP contribution in [-0.2, 0) is 26.2 Å². The summed E-state index contributed by atoms with van der Waals surface area (Å²) in [6.45, 7) is 3.34. The molecule has 0 unspecified atom stereocenters. The summed E-state index contributed by atoms with van der Waals surface area (Å²) in [6.07, 6.45) is 5.16. The maximum absolute atomic E-state index is 13.5. The van der Waals surface area contributed by atoms with Crippen molar-refractivity contribution in [2.75, 3.05) is 17.1 Å². The summed E-state index contributed by atoms with van der Waals surface area (Å²) in [7, 11) is -3.72. The molecule has 7 nitrogen and oxygen atoms in total. The Morgan fingerprint density at radius 1 is 1.03 bits per heavy atom. The Labute approximate surface area is 196 Å². The summed E-state index contributed by atoms with van der Waals surface area (Å²) in [6, 6.07) is 15.8. The van der Waals surface area contributed by atoms with Gasteiger partial charge in [-0.15, -0.1) is 0 Å². The molecule has 1 N–H and O–H groups in total. The zero-order chi connectivity index (χ0) is 24.0. The SMILES string of the molecule is Cc1ccccc1N(CC(=O)N(Cc1ccccc1)[C@H](C)C(=O)NC1CCCC1)S(C)(=O)=O. The van der Waals surface area contributed by atoms with E-state index in [9.17, 15) is 18.0 Å². The van der Waals surface area contributed by atoms with E-state index in [1.165, 1.54) is 4.90 Å². The fourth-order valence-corrected chi connectivity index (χ4v) is 5.10. The van der Waals surface area contributed by atoms with Gasteiger partial charge in [0.15, 0.2) is 0 Å². The lowest BCUT2D eigenvalue weighted by Crippen LogP contribution is -2.52. The van der Waals surface area contributed by atoms with Gasteiger partial charge < -0.3 is 10.2 Å². The molecule has 33 heavy (non-hydrogen) atoms. The van der Waals surface area contributed by atoms with Gasteiger partial charge in [0.25, 0.3) is 0 Å². The van der Waals surface area contributed by atoms with E-state index in [4.69, 9.17) is 0 Å². The highest BCUT2D eigenvalue weighted by molar-refractivity contribution is 7.92. The van der Waals surface area contributed by atoms with Gasteiger partial charge in [-0.1, -0.05) is 61.4 Å². The van der Waals surface area contributed by atoms with E-state index in [1.807, 2.05) is 36.4 Å². The van der Waals surface area contributed by atoms with Crippen molar-refractivity contribution < 1.29 is 18.0 Å². The smallest absolute Gasteiger partial charge is 0.244 e. The maximum Gasteiger partial charge on any atom is 0.244 e. The third-order valence-corrected chi connectivity index (χ3v) is 7.25. The fourth-order valence-electron chi connectivity index (χ4n) is 4.19. The molecule has 1 atom stereocenters. The summed E-state index contributed by atoms with van der Waals surface area (Å²) in [5.41, 5.74) is 2.07. The summed E-state index contributed by atoms with van der Waals surface area (Å²) >= 11 is 0. The molecule has 1 saturated carbocycles. The number of amides is 2. The molecule has 0 radical (unpaired) electrons. The topological polar surface area (TPSA) is 86.8 Å². The summed E-state index contributed by atoms with van der Waals surface area (Å²) in [5, 5.41) is 3.06. The van der Waals surface area contributed by atoms with Crippen LogP contribution in [0.15, 0.2) is 54.6 Å². The van der Waals surface area contributed by atoms with Gasteiger partial charge in [-0.2, -0.15) is 0 Å². The van der Waals surface area contributed by atoms with Crippen LogP contribution in [-0.4, -0.2) is 50.0 Å². The average molecular weight is 472 g/mol. The van der Waals surface area contributed by atoms with Gasteiger partial charge in [-0.05, 0) is 43.9 Å². The van der Waals surface area contributed by atoms with Crippen LogP contribution in [0.5, 0.6) is 0 Å². The van der Waals surface area contributed by atoms with Gasteiger partial charge in [-0.25, -0.2) is 8.42 Å². The molecule has 1 aliphatic carbocycles. The molecule has 2 aromatic carbocycles. The van der Waals surface area contributed by atoms with Crippen LogP contribution in [0, 0.1) is 6.92 Å². The van der Waals surface area contributed by atoms with Crippen molar-refractivity contribution in [3.63, 3.8) is 0 Å². The van der Waals surface area contributed by atoms with E-state index in [0.717, 1.165) is 47.4 Å². The van der Waals surface area contributed by atoms with Crippen LogP contribution in [0.1, 0.15) is 43.7 Å². The number of rotatable bonds is 9. The molecule has 2 aromatic rings. The van der Waals surface area contributed by atoms with E-state index in [0.29, 0.717) is 5.69 Å². The highest BCUT2D eigenvalue weighted by Gasteiger charge is 2.31. The van der Waals surface area contributed by atoms with Gasteiger partial charge in [0.2, 0.25) is 21.8 Å². The standard InChI is InChI=1S/C25H33N3O4S/c1-19-11-7-10-16-23(19)28(33(3,31)32)18-24(29)27(17-21-12-5-4-6-13-21)20(2)25(30)26-22-14-8-9-15-22/h4-7,10-13,16,20,22H,8-9,14-15,17-18H2,1-3H3,(H,26,30)/t20-/m1/s1. The van der Waals surface area contributed by atoms with Crippen LogP contribution in [0.2, 0.25) is 0 Å². The lowest BCUT2D eigenvalue weighted by Gasteiger charge is -2.32. The Morgan fingerprint density at radius 3 is 2.24 bits per heavy atom. The quantitative estimate of drug-likeness (QED) is 0.608. The van der Waals surface area contributed by atoms with Crippen LogP contribution >= 0.6 is 0 Å². The highest BCUT2D eigenvalue weighted by atomic mass is 32.2. The van der Waals surface area contributed by atoms with Gasteiger partial charge in [0.1, 0.15) is 12.6 Å². The number of aryl methyl sites for hydroxylation is 1. The van der Waals surface area contributed by atoms with Crippen molar-refractivity contribution in [2.24, 2.45) is 0 Å². The molecule has 3 rings (SSSR count). The minimum atomic E-state index is -3.72. The molecule has 1 aliphatic rings. The number of para-hydroxylation sites is 1. The van der Waals surface area contributed by atoms with Crippen molar-refractivity contribution in [3.8, 4) is 0 Å². The minimum absolute atomic E-state index is 0.133. The second kappa shape index (κ2) is 10.8. The maximum atomic E-state index is 13.5. The number of nitrogens with one attached hydrogen (secondary N) is 1. The van der Waals surface area contributed by atoms with Crippen molar-refractivity contribution in [3.05, 3.63) is 65.7 Å². The van der Waals surface area contributed by atoms with Gasteiger partial charge in [-0.3, -0.25) is 13.9 Å². The minimum Gasteiger partial charge on any atom is -0.352 e. The number of hydrogen-bond donors (Lipinski definition) is 1. The molecule has 0 spiro atoms. The summed E-state index contributed by atoms with van der Waals surface area (Å²) in [4.78, 5) is 28.0. The van der Waals surface area contributed by atoms with Gasteiger partial charge >= 0.3 is 0 Å². The molecular weight excluding hydrogens is 438 g/mol. The second-order valence-electron chi connectivity index (χ2n) is 8.73. The number of sulfonamides is 1. The number of nitrogens with zero attached hydrogens (tertiary/aromatic N) is 2. The normalized spacial score (nSPS) is 15.1. The van der Waals surface area contributed by atoms with Crippen molar-refractivity contribution in [1.29, 1.82) is 0 Å². The average Bonchev–Trinajstić information content (AvgIpc) is 3.29. The predicted molar refractivity (Wildman–Crippen MR) is 130 cm³/mol. The molecule has 178 valence electrons. The molecule has 0 saturated heterocycles. The number of carbonyl (C=O) groups excluding carboxylic acids is 2. The second-order valence-corrected chi connectivity index (χ2v) is 10.6. The zero-order valence-corrected chi connectivity index (χ0v) is 20.3. The third kappa shape index (κ3) is 6.57. The van der Waals surface area contributed by atoms with E-state index < -0.39 is 22.0 Å². The summed E-state index contributed by atoms with van der Waals surface area (Å²) < 4.78 is 26.3. The molecule has 8 heteroatoms. The van der Waals surface area contributed by atoms with Crippen LogP contribution < -0.4 is 9.62 Å². The van der Waals surface area contributed by atoms with Crippen LogP contribution in [0.4, 0.5) is 5.69 Å². The van der Waals surface area contributed by atoms with Crippen molar-refractivity contribution in [1.82, 2.24) is 10.2 Å². The fraction of sp³-hybridized carbons (Fsp3) is 0.440. The molecule has 0 aromatic heterocycles. The molecule has 2 amide bonds. The van der Waals surface area contributed by atoms with E-state index >= 15 is 0 Å². The predicted octanol–water partition coefficient (Wildman–Crippen LogP) is 3.24. The first-order chi connectivity index (χ1) is 15.7. The molecule has 1 fully saturated rings. The third-order valence-electron chi connectivity index (χ3n) is 6.13. The first kappa shape index (κ1) is 24.8. The Morgan fingerprint density at radius 2 is 1.64 bits per heavy atom. The largest absolute Gasteiger partial charge is 0.352 e. The molecule has 0 bridgehead atoms. The zero-order valence-electron chi connectivity index (χ0n) is 19.5. The Kier molecular flexibility index (Phi) is 8.13. The first-order valence-electron chi connectivity index (χ1n) is 11.3. The van der Waals surface area contributed by atoms with Crippen molar-refractivity contribution >= 4 is 27.5 Å². The lowest BCUT2D eigenvalue weighted by molar-refractivity contribution is -0.139.